The van der Waals surface area contributed by atoms with Gasteiger partial charge < -0.3 is 5.32 Å². The van der Waals surface area contributed by atoms with Crippen molar-refractivity contribution < 1.29 is 0 Å². The molecule has 1 aromatic carbocycles. The number of aromatic nitrogens is 4. The Balaban J connectivity index is 1.64. The molecule has 0 radical (unpaired) electrons. The van der Waals surface area contributed by atoms with E-state index < -0.39 is 0 Å². The van der Waals surface area contributed by atoms with Crippen LogP contribution in [-0.4, -0.2) is 19.7 Å². The van der Waals surface area contributed by atoms with Crippen LogP contribution in [0.4, 0.5) is 5.82 Å². The van der Waals surface area contributed by atoms with Gasteiger partial charge in [0, 0.05) is 30.2 Å². The van der Waals surface area contributed by atoms with E-state index in [1.807, 2.05) is 17.8 Å². The lowest BCUT2D eigenvalue weighted by Crippen LogP contribution is -2.03. The van der Waals surface area contributed by atoms with Gasteiger partial charge in [-0.05, 0) is 18.1 Å². The lowest BCUT2D eigenvalue weighted by Gasteiger charge is -2.05. The maximum atomic E-state index is 4.49. The van der Waals surface area contributed by atoms with Crippen LogP contribution in [-0.2, 0) is 20.0 Å². The summed E-state index contributed by atoms with van der Waals surface area (Å²) in [5.74, 6) is 0.870. The van der Waals surface area contributed by atoms with E-state index in [-0.39, 0.29) is 0 Å². The molecule has 4 rings (SSSR count). The van der Waals surface area contributed by atoms with E-state index in [0.717, 1.165) is 28.1 Å². The lowest BCUT2D eigenvalue weighted by molar-refractivity contribution is 0.746. The van der Waals surface area contributed by atoms with Crippen molar-refractivity contribution in [2.75, 3.05) is 5.32 Å². The quantitative estimate of drug-likeness (QED) is 0.585. The van der Waals surface area contributed by atoms with Gasteiger partial charge in [-0.15, -0.1) is 11.3 Å². The number of anilines is 1. The fraction of sp³-hybridized carbons (Fsp3) is 0.211. The van der Waals surface area contributed by atoms with Gasteiger partial charge in [0.25, 0.3) is 0 Å². The fourth-order valence-corrected chi connectivity index (χ4v) is 3.95. The first-order valence-corrected chi connectivity index (χ1v) is 9.11. The van der Waals surface area contributed by atoms with Crippen LogP contribution in [0.2, 0.25) is 0 Å². The van der Waals surface area contributed by atoms with Crippen LogP contribution in [0, 0.1) is 0 Å². The molecule has 3 heterocycles. The molecule has 126 valence electrons. The monoisotopic (exact) mass is 349 g/mol. The van der Waals surface area contributed by atoms with Crippen molar-refractivity contribution in [3.05, 3.63) is 60.2 Å². The van der Waals surface area contributed by atoms with Gasteiger partial charge in [-0.3, -0.25) is 4.68 Å². The Morgan fingerprint density at radius 2 is 2.00 bits per heavy atom. The second kappa shape index (κ2) is 6.64. The van der Waals surface area contributed by atoms with Gasteiger partial charge >= 0.3 is 0 Å². The Hall–Kier alpha value is -2.73. The summed E-state index contributed by atoms with van der Waals surface area (Å²) in [6.07, 6.45) is 4.61. The smallest absolute Gasteiger partial charge is 0.138 e. The third-order valence-electron chi connectivity index (χ3n) is 4.16. The van der Waals surface area contributed by atoms with Gasteiger partial charge in [-0.1, -0.05) is 37.3 Å². The zero-order chi connectivity index (χ0) is 17.2. The van der Waals surface area contributed by atoms with E-state index in [9.17, 15) is 0 Å². The van der Waals surface area contributed by atoms with Gasteiger partial charge in [0.15, 0.2) is 0 Å². The largest absolute Gasteiger partial charge is 0.365 e. The van der Waals surface area contributed by atoms with Crippen LogP contribution >= 0.6 is 11.3 Å². The minimum Gasteiger partial charge on any atom is -0.365 e. The first-order valence-electron chi connectivity index (χ1n) is 8.30. The molecule has 1 N–H and O–H groups in total. The van der Waals surface area contributed by atoms with Gasteiger partial charge in [0.2, 0.25) is 0 Å². The SMILES string of the molecule is CCc1nn(C)cc1CNc1ncnc2sc(-c3ccccc3)cc12. The number of thiophene rings is 1. The van der Waals surface area contributed by atoms with E-state index in [1.54, 1.807) is 17.7 Å². The molecule has 0 fully saturated rings. The first-order chi connectivity index (χ1) is 12.2. The number of hydrogen-bond acceptors (Lipinski definition) is 5. The van der Waals surface area contributed by atoms with Crippen molar-refractivity contribution in [2.45, 2.75) is 19.9 Å². The molecule has 0 saturated heterocycles. The Bertz CT molecular complexity index is 1000. The molecular formula is C19H19N5S. The molecule has 0 atom stereocenters. The second-order valence-corrected chi connectivity index (χ2v) is 6.93. The molecule has 25 heavy (non-hydrogen) atoms. The number of benzene rings is 1. The zero-order valence-electron chi connectivity index (χ0n) is 14.2. The average molecular weight is 349 g/mol. The molecule has 0 spiro atoms. The molecule has 0 bridgehead atoms. The molecule has 0 aliphatic carbocycles. The highest BCUT2D eigenvalue weighted by Crippen LogP contribution is 2.34. The molecule has 0 amide bonds. The van der Waals surface area contributed by atoms with Crippen molar-refractivity contribution in [1.29, 1.82) is 0 Å². The fourth-order valence-electron chi connectivity index (χ4n) is 2.95. The highest BCUT2D eigenvalue weighted by atomic mass is 32.1. The summed E-state index contributed by atoms with van der Waals surface area (Å²) in [6, 6.07) is 12.5. The summed E-state index contributed by atoms with van der Waals surface area (Å²) in [6.45, 7) is 2.83. The molecule has 4 aromatic rings. The molecule has 6 heteroatoms. The summed E-state index contributed by atoms with van der Waals surface area (Å²) < 4.78 is 1.86. The predicted molar refractivity (Wildman–Crippen MR) is 103 cm³/mol. The number of fused-ring (bicyclic) bond motifs is 1. The third-order valence-corrected chi connectivity index (χ3v) is 5.25. The number of rotatable bonds is 5. The summed E-state index contributed by atoms with van der Waals surface area (Å²) in [4.78, 5) is 11.1. The van der Waals surface area contributed by atoms with E-state index in [2.05, 4.69) is 63.8 Å². The third kappa shape index (κ3) is 3.13. The Morgan fingerprint density at radius 3 is 2.80 bits per heavy atom. The maximum absolute atomic E-state index is 4.49. The van der Waals surface area contributed by atoms with E-state index in [1.165, 1.54) is 16.0 Å². The minimum atomic E-state index is 0.708. The Morgan fingerprint density at radius 1 is 1.16 bits per heavy atom. The van der Waals surface area contributed by atoms with Crippen molar-refractivity contribution in [1.82, 2.24) is 19.7 Å². The van der Waals surface area contributed by atoms with Gasteiger partial charge in [0.05, 0.1) is 11.1 Å². The van der Waals surface area contributed by atoms with Gasteiger partial charge in [0.1, 0.15) is 17.0 Å². The molecule has 0 aliphatic rings. The van der Waals surface area contributed by atoms with Gasteiger partial charge in [-0.2, -0.15) is 5.10 Å². The van der Waals surface area contributed by atoms with Crippen LogP contribution < -0.4 is 5.32 Å². The average Bonchev–Trinajstić information content (AvgIpc) is 3.24. The molecular weight excluding hydrogens is 330 g/mol. The number of aryl methyl sites for hydroxylation is 2. The Labute approximate surface area is 150 Å². The van der Waals surface area contributed by atoms with Crippen LogP contribution in [0.3, 0.4) is 0 Å². The number of nitrogens with one attached hydrogen (secondary N) is 1. The lowest BCUT2D eigenvalue weighted by atomic mass is 10.2. The minimum absolute atomic E-state index is 0.708. The maximum Gasteiger partial charge on any atom is 0.138 e. The van der Waals surface area contributed by atoms with Crippen LogP contribution in [0.1, 0.15) is 18.2 Å². The highest BCUT2D eigenvalue weighted by molar-refractivity contribution is 7.21. The number of hydrogen-bond donors (Lipinski definition) is 1. The molecule has 3 aromatic heterocycles. The van der Waals surface area contributed by atoms with Crippen LogP contribution in [0.25, 0.3) is 20.7 Å². The highest BCUT2D eigenvalue weighted by Gasteiger charge is 2.11. The van der Waals surface area contributed by atoms with Crippen LogP contribution in [0.5, 0.6) is 0 Å². The standard InChI is InChI=1S/C19H19N5S/c1-3-16-14(11-24(2)23-16)10-20-18-15-9-17(13-7-5-4-6-8-13)25-19(15)22-12-21-18/h4-9,11-12H,3,10H2,1-2H3,(H,20,21,22). The topological polar surface area (TPSA) is 55.6 Å². The summed E-state index contributed by atoms with van der Waals surface area (Å²) >= 11 is 1.69. The van der Waals surface area contributed by atoms with Gasteiger partial charge in [-0.25, -0.2) is 9.97 Å². The number of nitrogens with zero attached hydrogens (tertiary/aromatic N) is 4. The summed E-state index contributed by atoms with van der Waals surface area (Å²) in [5.41, 5.74) is 3.53. The molecule has 0 unspecified atom stereocenters. The van der Waals surface area contributed by atoms with Crippen molar-refractivity contribution in [3.63, 3.8) is 0 Å². The van der Waals surface area contributed by atoms with Crippen molar-refractivity contribution in [2.24, 2.45) is 7.05 Å². The first kappa shape index (κ1) is 15.8. The van der Waals surface area contributed by atoms with E-state index >= 15 is 0 Å². The van der Waals surface area contributed by atoms with Crippen LogP contribution in [0.15, 0.2) is 48.9 Å². The van der Waals surface area contributed by atoms with Crippen molar-refractivity contribution in [3.8, 4) is 10.4 Å². The Kier molecular flexibility index (Phi) is 4.19. The normalized spacial score (nSPS) is 11.1. The van der Waals surface area contributed by atoms with Crippen molar-refractivity contribution >= 4 is 27.4 Å². The summed E-state index contributed by atoms with van der Waals surface area (Å²) in [7, 11) is 1.95. The molecule has 0 aliphatic heterocycles. The summed E-state index contributed by atoms with van der Waals surface area (Å²) in [5, 5.41) is 9.02. The predicted octanol–water partition coefficient (Wildman–Crippen LogP) is 4.27. The molecule has 0 saturated carbocycles. The second-order valence-electron chi connectivity index (χ2n) is 5.90. The molecule has 5 nitrogen and oxygen atoms in total. The van der Waals surface area contributed by atoms with E-state index in [0.29, 0.717) is 6.54 Å². The van der Waals surface area contributed by atoms with E-state index in [4.69, 9.17) is 0 Å². The zero-order valence-corrected chi connectivity index (χ0v) is 15.0.